The Morgan fingerprint density at radius 2 is 1.76 bits per heavy atom. The van der Waals surface area contributed by atoms with Crippen LogP contribution in [-0.4, -0.2) is 34.2 Å². The highest BCUT2D eigenvalue weighted by Gasteiger charge is 2.17. The van der Waals surface area contributed by atoms with Gasteiger partial charge in [-0.15, -0.1) is 0 Å². The Balaban J connectivity index is 0. The van der Waals surface area contributed by atoms with E-state index in [1.54, 1.807) is 0 Å². The average Bonchev–Trinajstić information content (AvgIpc) is 2.28. The normalized spacial score (nSPS) is 15.4. The number of carboxylic acid groups (broad SMARTS) is 1. The molecule has 104 valence electrons. The highest BCUT2D eigenvalue weighted by molar-refractivity contribution is 7.80. The summed E-state index contributed by atoms with van der Waals surface area (Å²) in [7, 11) is 0. The minimum Gasteiger partial charge on any atom is -0.480 e. The summed E-state index contributed by atoms with van der Waals surface area (Å²) in [4.78, 5) is 10.6. The molecule has 0 saturated heterocycles. The third kappa shape index (κ3) is 14.1. The van der Waals surface area contributed by atoms with Gasteiger partial charge in [0.05, 0.1) is 0 Å². The van der Waals surface area contributed by atoms with E-state index in [0.717, 1.165) is 6.42 Å². The Hall–Kier alpha value is 0.130. The Kier molecular flexibility index (Phi) is 14.4. The van der Waals surface area contributed by atoms with E-state index in [1.165, 1.54) is 6.42 Å². The van der Waals surface area contributed by atoms with Crippen molar-refractivity contribution in [3.63, 3.8) is 0 Å². The van der Waals surface area contributed by atoms with Crippen LogP contribution in [0.4, 0.5) is 0 Å². The maximum Gasteiger partial charge on any atom is 0.320 e. The highest BCUT2D eigenvalue weighted by Crippen LogP contribution is 1.98. The average molecular weight is 281 g/mol. The van der Waals surface area contributed by atoms with E-state index in [-0.39, 0.29) is 6.04 Å². The molecule has 17 heavy (non-hydrogen) atoms. The van der Waals surface area contributed by atoms with Crippen molar-refractivity contribution in [3.05, 3.63) is 0 Å². The van der Waals surface area contributed by atoms with Crippen molar-refractivity contribution in [1.29, 1.82) is 0 Å². The molecule has 1 unspecified atom stereocenters. The smallest absolute Gasteiger partial charge is 0.320 e. The molecule has 0 spiro atoms. The van der Waals surface area contributed by atoms with Crippen LogP contribution >= 0.6 is 25.3 Å². The second-order valence-electron chi connectivity index (χ2n) is 4.14. The van der Waals surface area contributed by atoms with E-state index in [2.05, 4.69) is 44.4 Å². The van der Waals surface area contributed by atoms with Gasteiger partial charge in [0.25, 0.3) is 0 Å². The zero-order chi connectivity index (χ0) is 13.8. The predicted molar refractivity (Wildman–Crippen MR) is 81.5 cm³/mol. The molecule has 0 rings (SSSR count). The van der Waals surface area contributed by atoms with Crippen LogP contribution in [0.5, 0.6) is 0 Å². The van der Waals surface area contributed by atoms with Crippen molar-refractivity contribution in [3.8, 4) is 0 Å². The van der Waals surface area contributed by atoms with Gasteiger partial charge in [-0.3, -0.25) is 4.79 Å². The quantitative estimate of drug-likeness (QED) is 0.543. The second-order valence-corrected chi connectivity index (χ2v) is 5.47. The van der Waals surface area contributed by atoms with Gasteiger partial charge in [0.1, 0.15) is 6.04 Å². The van der Waals surface area contributed by atoms with Crippen molar-refractivity contribution >= 4 is 31.2 Å². The molecule has 3 nitrogen and oxygen atoms in total. The molecule has 2 N–H and O–H groups in total. The van der Waals surface area contributed by atoms with Crippen LogP contribution in [0, 0.1) is 0 Å². The summed E-state index contributed by atoms with van der Waals surface area (Å²) in [6.45, 7) is 8.21. The van der Waals surface area contributed by atoms with Gasteiger partial charge in [0.15, 0.2) is 0 Å². The van der Waals surface area contributed by atoms with Gasteiger partial charge in [-0.05, 0) is 37.2 Å². The summed E-state index contributed by atoms with van der Waals surface area (Å²) in [5.41, 5.74) is 0. The van der Waals surface area contributed by atoms with Crippen LogP contribution in [0.3, 0.4) is 0 Å². The molecule has 0 aromatic heterocycles. The first kappa shape index (κ1) is 19.5. The van der Waals surface area contributed by atoms with Gasteiger partial charge in [-0.25, -0.2) is 0 Å². The molecule has 0 aliphatic rings. The number of nitrogens with one attached hydrogen (secondary N) is 1. The summed E-state index contributed by atoms with van der Waals surface area (Å²) in [5.74, 6) is -0.190. The number of hydrogen-bond acceptors (Lipinski definition) is 4. The number of aliphatic carboxylic acids is 1. The first-order chi connectivity index (χ1) is 7.88. The Bertz CT molecular complexity index is 189. The molecular formula is C12H27NO2S2. The van der Waals surface area contributed by atoms with Gasteiger partial charge in [0, 0.05) is 6.04 Å². The van der Waals surface area contributed by atoms with Gasteiger partial charge in [-0.1, -0.05) is 20.8 Å². The Labute approximate surface area is 117 Å². The van der Waals surface area contributed by atoms with E-state index < -0.39 is 12.0 Å². The monoisotopic (exact) mass is 281 g/mol. The van der Waals surface area contributed by atoms with Crippen LogP contribution < -0.4 is 5.32 Å². The first-order valence-corrected chi connectivity index (χ1v) is 7.31. The lowest BCUT2D eigenvalue weighted by Gasteiger charge is -2.17. The zero-order valence-corrected chi connectivity index (χ0v) is 13.1. The highest BCUT2D eigenvalue weighted by atomic mass is 32.1. The minimum atomic E-state index is -0.788. The van der Waals surface area contributed by atoms with Crippen molar-refractivity contribution in [2.45, 2.75) is 64.3 Å². The molecular weight excluding hydrogens is 254 g/mol. The second kappa shape index (κ2) is 12.6. The summed E-state index contributed by atoms with van der Waals surface area (Å²) in [6, 6.07) is -0.191. The van der Waals surface area contributed by atoms with Crippen LogP contribution in [-0.2, 0) is 4.79 Å². The number of hydrogen-bond donors (Lipinski definition) is 4. The largest absolute Gasteiger partial charge is 0.480 e. The van der Waals surface area contributed by atoms with Gasteiger partial charge >= 0.3 is 5.97 Å². The molecule has 0 bridgehead atoms. The standard InChI is InChI=1S/C8H17NO2S.C4H10S/c1-3-6(2)9-7(4-5-12)8(10)11;1-3-4(2)5/h6-7,9,12H,3-5H2,1-2H3,(H,10,11);4-5H,3H2,1-2H3/t6-,7-;/m0./s1. The number of thiol groups is 2. The molecule has 5 heteroatoms. The maximum absolute atomic E-state index is 10.6. The summed E-state index contributed by atoms with van der Waals surface area (Å²) < 4.78 is 0. The lowest BCUT2D eigenvalue weighted by atomic mass is 10.2. The lowest BCUT2D eigenvalue weighted by molar-refractivity contribution is -0.139. The van der Waals surface area contributed by atoms with Crippen molar-refractivity contribution in [1.82, 2.24) is 5.32 Å². The molecule has 0 amide bonds. The molecule has 0 aliphatic carbocycles. The molecule has 0 heterocycles. The van der Waals surface area contributed by atoms with Crippen LogP contribution in [0.2, 0.25) is 0 Å². The molecule has 0 aromatic carbocycles. The number of rotatable bonds is 7. The van der Waals surface area contributed by atoms with E-state index >= 15 is 0 Å². The molecule has 0 fully saturated rings. The topological polar surface area (TPSA) is 49.3 Å². The number of carbonyl (C=O) groups is 1. The van der Waals surface area contributed by atoms with Crippen LogP contribution in [0.1, 0.15) is 47.0 Å². The minimum absolute atomic E-state index is 0.256. The van der Waals surface area contributed by atoms with Crippen molar-refractivity contribution in [2.24, 2.45) is 0 Å². The van der Waals surface area contributed by atoms with E-state index in [4.69, 9.17) is 5.11 Å². The van der Waals surface area contributed by atoms with Crippen LogP contribution in [0.25, 0.3) is 0 Å². The first-order valence-electron chi connectivity index (χ1n) is 6.16. The number of carboxylic acids is 1. The Morgan fingerprint density at radius 1 is 1.29 bits per heavy atom. The van der Waals surface area contributed by atoms with Crippen LogP contribution in [0.15, 0.2) is 0 Å². The summed E-state index contributed by atoms with van der Waals surface area (Å²) in [6.07, 6.45) is 2.68. The SMILES string of the molecule is CCC(C)S.CC[C@H](C)N[C@@H](CCS)C(=O)O. The van der Waals surface area contributed by atoms with E-state index in [9.17, 15) is 4.79 Å². The summed E-state index contributed by atoms with van der Waals surface area (Å²) >= 11 is 8.10. The molecule has 0 aliphatic heterocycles. The third-order valence-electron chi connectivity index (χ3n) is 2.40. The van der Waals surface area contributed by atoms with Crippen molar-refractivity contribution < 1.29 is 9.90 Å². The fourth-order valence-corrected chi connectivity index (χ4v) is 1.13. The maximum atomic E-state index is 10.6. The van der Waals surface area contributed by atoms with Gasteiger partial charge in [0.2, 0.25) is 0 Å². The fourth-order valence-electron chi connectivity index (χ4n) is 0.868. The van der Waals surface area contributed by atoms with Crippen molar-refractivity contribution in [2.75, 3.05) is 5.75 Å². The molecule has 0 saturated carbocycles. The summed E-state index contributed by atoms with van der Waals surface area (Å²) in [5, 5.41) is 12.3. The van der Waals surface area contributed by atoms with E-state index in [1.807, 2.05) is 13.8 Å². The molecule has 3 atom stereocenters. The predicted octanol–water partition coefficient (Wildman–Crippen LogP) is 2.86. The molecule has 0 aromatic rings. The van der Waals surface area contributed by atoms with Gasteiger partial charge < -0.3 is 10.4 Å². The zero-order valence-electron chi connectivity index (χ0n) is 11.3. The fraction of sp³-hybridized carbons (Fsp3) is 0.917. The van der Waals surface area contributed by atoms with Gasteiger partial charge in [-0.2, -0.15) is 25.3 Å². The molecule has 0 radical (unpaired) electrons. The Morgan fingerprint density at radius 3 is 2.00 bits per heavy atom. The van der Waals surface area contributed by atoms with E-state index in [0.29, 0.717) is 17.4 Å². The lowest BCUT2D eigenvalue weighted by Crippen LogP contribution is -2.42. The third-order valence-corrected chi connectivity index (χ3v) is 3.03.